The molecular weight excluding hydrogens is 226 g/mol. The standard InChI is InChI=1S/C11H12ClN3O/c1-7-4-5-14-6-8(7)11(15-13)9-2-3-10(12)16-9/h2-6,11,15H,13H2,1H3. The summed E-state index contributed by atoms with van der Waals surface area (Å²) in [6.07, 6.45) is 3.50. The van der Waals surface area contributed by atoms with Crippen LogP contribution in [-0.2, 0) is 0 Å². The van der Waals surface area contributed by atoms with Crippen molar-refractivity contribution in [2.24, 2.45) is 5.84 Å². The number of nitrogens with two attached hydrogens (primary N) is 1. The summed E-state index contributed by atoms with van der Waals surface area (Å²) in [5, 5.41) is 0.344. The lowest BCUT2D eigenvalue weighted by atomic mass is 10.0. The second kappa shape index (κ2) is 4.65. The Morgan fingerprint density at radius 1 is 1.44 bits per heavy atom. The van der Waals surface area contributed by atoms with E-state index in [4.69, 9.17) is 21.9 Å². The molecule has 0 aliphatic heterocycles. The fraction of sp³-hybridized carbons (Fsp3) is 0.182. The SMILES string of the molecule is Cc1ccncc1C(NN)c1ccc(Cl)o1. The molecule has 0 fully saturated rings. The summed E-state index contributed by atoms with van der Waals surface area (Å²) in [6.45, 7) is 1.99. The minimum atomic E-state index is -0.235. The van der Waals surface area contributed by atoms with Crippen molar-refractivity contribution in [3.8, 4) is 0 Å². The molecule has 2 aromatic heterocycles. The molecule has 0 radical (unpaired) electrons. The summed E-state index contributed by atoms with van der Waals surface area (Å²) in [6, 6.07) is 5.16. The van der Waals surface area contributed by atoms with E-state index in [0.29, 0.717) is 11.0 Å². The number of hydrogen-bond acceptors (Lipinski definition) is 4. The van der Waals surface area contributed by atoms with Crippen molar-refractivity contribution in [2.75, 3.05) is 0 Å². The highest BCUT2D eigenvalue weighted by atomic mass is 35.5. The van der Waals surface area contributed by atoms with Gasteiger partial charge in [-0.15, -0.1) is 0 Å². The second-order valence-electron chi connectivity index (χ2n) is 3.47. The van der Waals surface area contributed by atoms with Gasteiger partial charge < -0.3 is 4.42 Å². The topological polar surface area (TPSA) is 64.1 Å². The number of aromatic nitrogens is 1. The summed E-state index contributed by atoms with van der Waals surface area (Å²) in [5.41, 5.74) is 4.75. The first-order valence-electron chi connectivity index (χ1n) is 4.84. The molecule has 0 saturated heterocycles. The van der Waals surface area contributed by atoms with Gasteiger partial charge in [-0.1, -0.05) is 0 Å². The molecule has 2 aromatic rings. The minimum absolute atomic E-state index is 0.235. The van der Waals surface area contributed by atoms with Gasteiger partial charge in [-0.05, 0) is 47.9 Å². The van der Waals surface area contributed by atoms with Gasteiger partial charge in [0.25, 0.3) is 0 Å². The van der Waals surface area contributed by atoms with Crippen LogP contribution in [0.15, 0.2) is 35.0 Å². The molecule has 3 N–H and O–H groups in total. The zero-order chi connectivity index (χ0) is 11.5. The predicted octanol–water partition coefficient (Wildman–Crippen LogP) is 2.19. The summed E-state index contributed by atoms with van der Waals surface area (Å²) < 4.78 is 5.34. The van der Waals surface area contributed by atoms with Crippen molar-refractivity contribution < 1.29 is 4.42 Å². The predicted molar refractivity (Wildman–Crippen MR) is 61.9 cm³/mol. The Kier molecular flexibility index (Phi) is 3.24. The molecule has 5 heteroatoms. The number of hydrogen-bond donors (Lipinski definition) is 2. The highest BCUT2D eigenvalue weighted by molar-refractivity contribution is 6.28. The Labute approximate surface area is 98.4 Å². The van der Waals surface area contributed by atoms with Crippen molar-refractivity contribution in [3.05, 3.63) is 52.7 Å². The minimum Gasteiger partial charge on any atom is -0.448 e. The van der Waals surface area contributed by atoms with Crippen LogP contribution in [0.1, 0.15) is 22.9 Å². The molecular formula is C11H12ClN3O. The lowest BCUT2D eigenvalue weighted by Gasteiger charge is -2.15. The fourth-order valence-corrected chi connectivity index (χ4v) is 1.74. The molecule has 0 amide bonds. The molecule has 1 atom stereocenters. The summed E-state index contributed by atoms with van der Waals surface area (Å²) in [4.78, 5) is 4.08. The van der Waals surface area contributed by atoms with E-state index in [1.807, 2.05) is 13.0 Å². The highest BCUT2D eigenvalue weighted by Crippen LogP contribution is 2.26. The Bertz CT molecular complexity index is 484. The maximum absolute atomic E-state index is 5.74. The third-order valence-electron chi connectivity index (χ3n) is 2.44. The summed E-state index contributed by atoms with van der Waals surface area (Å²) in [7, 11) is 0. The van der Waals surface area contributed by atoms with Crippen LogP contribution in [0.5, 0.6) is 0 Å². The van der Waals surface area contributed by atoms with Crippen LogP contribution in [0.2, 0.25) is 5.22 Å². The molecule has 84 valence electrons. The van der Waals surface area contributed by atoms with Gasteiger partial charge in [-0.3, -0.25) is 10.8 Å². The number of nitrogens with one attached hydrogen (secondary N) is 1. The average Bonchev–Trinajstić information content (AvgIpc) is 2.69. The van der Waals surface area contributed by atoms with Crippen LogP contribution in [0.3, 0.4) is 0 Å². The maximum atomic E-state index is 5.74. The molecule has 0 aromatic carbocycles. The molecule has 0 spiro atoms. The quantitative estimate of drug-likeness (QED) is 0.635. The largest absolute Gasteiger partial charge is 0.448 e. The van der Waals surface area contributed by atoms with Crippen LogP contribution in [0, 0.1) is 6.92 Å². The van der Waals surface area contributed by atoms with Gasteiger partial charge in [-0.2, -0.15) is 0 Å². The number of nitrogens with zero attached hydrogens (tertiary/aromatic N) is 1. The van der Waals surface area contributed by atoms with Crippen LogP contribution in [0.4, 0.5) is 0 Å². The first-order chi connectivity index (χ1) is 7.72. The van der Waals surface area contributed by atoms with Gasteiger partial charge in [0.05, 0.1) is 0 Å². The van der Waals surface area contributed by atoms with E-state index in [2.05, 4.69) is 10.4 Å². The van der Waals surface area contributed by atoms with E-state index in [-0.39, 0.29) is 6.04 Å². The van der Waals surface area contributed by atoms with Gasteiger partial charge in [0.2, 0.25) is 0 Å². The molecule has 0 saturated carbocycles. The Balaban J connectivity index is 2.40. The lowest BCUT2D eigenvalue weighted by Crippen LogP contribution is -2.29. The molecule has 2 rings (SSSR count). The lowest BCUT2D eigenvalue weighted by molar-refractivity contribution is 0.452. The molecule has 2 heterocycles. The van der Waals surface area contributed by atoms with Crippen LogP contribution < -0.4 is 11.3 Å². The zero-order valence-electron chi connectivity index (χ0n) is 8.77. The van der Waals surface area contributed by atoms with Crippen LogP contribution in [-0.4, -0.2) is 4.98 Å². The number of halogens is 1. The highest BCUT2D eigenvalue weighted by Gasteiger charge is 2.18. The molecule has 0 bridgehead atoms. The molecule has 0 aliphatic carbocycles. The second-order valence-corrected chi connectivity index (χ2v) is 3.85. The Hall–Kier alpha value is -1.36. The molecule has 1 unspecified atom stereocenters. The summed E-state index contributed by atoms with van der Waals surface area (Å²) in [5.74, 6) is 6.20. The third kappa shape index (κ3) is 2.09. The van der Waals surface area contributed by atoms with E-state index in [0.717, 1.165) is 11.1 Å². The fourth-order valence-electron chi connectivity index (χ4n) is 1.59. The third-order valence-corrected chi connectivity index (χ3v) is 2.64. The Morgan fingerprint density at radius 3 is 2.81 bits per heavy atom. The summed E-state index contributed by atoms with van der Waals surface area (Å²) >= 11 is 5.74. The smallest absolute Gasteiger partial charge is 0.193 e. The number of furan rings is 1. The normalized spacial score (nSPS) is 12.7. The number of pyridine rings is 1. The van der Waals surface area contributed by atoms with Crippen molar-refractivity contribution in [1.29, 1.82) is 0 Å². The van der Waals surface area contributed by atoms with Crippen molar-refractivity contribution in [3.63, 3.8) is 0 Å². The van der Waals surface area contributed by atoms with E-state index in [1.165, 1.54) is 0 Å². The van der Waals surface area contributed by atoms with Gasteiger partial charge in [-0.25, -0.2) is 5.43 Å². The number of aryl methyl sites for hydroxylation is 1. The van der Waals surface area contributed by atoms with Crippen LogP contribution >= 0.6 is 11.6 Å². The molecule has 16 heavy (non-hydrogen) atoms. The van der Waals surface area contributed by atoms with E-state index >= 15 is 0 Å². The monoisotopic (exact) mass is 237 g/mol. The van der Waals surface area contributed by atoms with Crippen molar-refractivity contribution in [2.45, 2.75) is 13.0 Å². The van der Waals surface area contributed by atoms with Gasteiger partial charge in [0.1, 0.15) is 11.8 Å². The van der Waals surface area contributed by atoms with E-state index in [1.54, 1.807) is 24.5 Å². The van der Waals surface area contributed by atoms with Crippen LogP contribution in [0.25, 0.3) is 0 Å². The zero-order valence-corrected chi connectivity index (χ0v) is 9.53. The average molecular weight is 238 g/mol. The van der Waals surface area contributed by atoms with Gasteiger partial charge in [0, 0.05) is 12.4 Å². The number of hydrazine groups is 1. The van der Waals surface area contributed by atoms with Crippen molar-refractivity contribution in [1.82, 2.24) is 10.4 Å². The molecule has 0 aliphatic rings. The molecule has 4 nitrogen and oxygen atoms in total. The van der Waals surface area contributed by atoms with Gasteiger partial charge >= 0.3 is 0 Å². The van der Waals surface area contributed by atoms with E-state index in [9.17, 15) is 0 Å². The van der Waals surface area contributed by atoms with Crippen molar-refractivity contribution >= 4 is 11.6 Å². The number of rotatable bonds is 3. The maximum Gasteiger partial charge on any atom is 0.193 e. The first-order valence-corrected chi connectivity index (χ1v) is 5.22. The Morgan fingerprint density at radius 2 is 2.25 bits per heavy atom. The van der Waals surface area contributed by atoms with E-state index < -0.39 is 0 Å². The van der Waals surface area contributed by atoms with Gasteiger partial charge in [0.15, 0.2) is 5.22 Å². The first kappa shape index (κ1) is 11.1.